The third-order valence-electron chi connectivity index (χ3n) is 3.76. The van der Waals surface area contributed by atoms with Crippen LogP contribution in [0.3, 0.4) is 0 Å². The fourth-order valence-electron chi connectivity index (χ4n) is 3.17. The van der Waals surface area contributed by atoms with Gasteiger partial charge in [0.05, 0.1) is 0 Å². The first kappa shape index (κ1) is 7.42. The van der Waals surface area contributed by atoms with Crippen LogP contribution in [0.25, 0.3) is 0 Å². The summed E-state index contributed by atoms with van der Waals surface area (Å²) < 4.78 is 0. The van der Waals surface area contributed by atoms with Crippen molar-refractivity contribution >= 4 is 5.82 Å². The molecule has 3 atom stereocenters. The lowest BCUT2D eigenvalue weighted by atomic mass is 9.86. The fraction of sp³-hybridized carbons (Fsp3) is 0.700. The molecule has 0 unspecified atom stereocenters. The van der Waals surface area contributed by atoms with E-state index in [2.05, 4.69) is 10.2 Å². The van der Waals surface area contributed by atoms with E-state index in [1.807, 2.05) is 6.07 Å². The smallest absolute Gasteiger partial charge is 0.145 e. The average Bonchev–Trinajstić information content (AvgIpc) is 2.77. The fourth-order valence-corrected chi connectivity index (χ4v) is 3.17. The van der Waals surface area contributed by atoms with Crippen molar-refractivity contribution in [1.82, 2.24) is 10.2 Å². The highest BCUT2D eigenvalue weighted by Gasteiger charge is 2.40. The summed E-state index contributed by atoms with van der Waals surface area (Å²) in [4.78, 5) is 0. The van der Waals surface area contributed by atoms with Crippen LogP contribution in [0.4, 0.5) is 5.82 Å². The molecule has 2 bridgehead atoms. The molecule has 2 aliphatic rings. The second kappa shape index (κ2) is 2.50. The molecule has 0 amide bonds. The van der Waals surface area contributed by atoms with Crippen molar-refractivity contribution in [2.45, 2.75) is 31.6 Å². The molecule has 1 aromatic heterocycles. The van der Waals surface area contributed by atoms with Crippen LogP contribution in [0.1, 0.15) is 37.3 Å². The zero-order valence-electron chi connectivity index (χ0n) is 7.66. The molecule has 1 heterocycles. The highest BCUT2D eigenvalue weighted by molar-refractivity contribution is 5.31. The van der Waals surface area contributed by atoms with Crippen molar-refractivity contribution in [3.8, 4) is 0 Å². The number of aromatic amines is 1. The number of aromatic nitrogens is 2. The van der Waals surface area contributed by atoms with Gasteiger partial charge in [0.2, 0.25) is 0 Å². The van der Waals surface area contributed by atoms with Crippen LogP contribution in [-0.4, -0.2) is 10.2 Å². The molecular formula is C10H15N3. The van der Waals surface area contributed by atoms with Crippen LogP contribution in [0.5, 0.6) is 0 Å². The van der Waals surface area contributed by atoms with Gasteiger partial charge >= 0.3 is 0 Å². The first-order chi connectivity index (χ1) is 6.33. The Morgan fingerprint density at radius 2 is 2.31 bits per heavy atom. The third kappa shape index (κ3) is 1.06. The highest BCUT2D eigenvalue weighted by atomic mass is 15.2. The number of hydrogen-bond acceptors (Lipinski definition) is 2. The van der Waals surface area contributed by atoms with Gasteiger partial charge in [-0.1, -0.05) is 6.42 Å². The molecule has 0 aliphatic heterocycles. The predicted molar refractivity (Wildman–Crippen MR) is 51.2 cm³/mol. The van der Waals surface area contributed by atoms with Gasteiger partial charge in [-0.25, -0.2) is 0 Å². The summed E-state index contributed by atoms with van der Waals surface area (Å²) in [5, 5.41) is 7.05. The Morgan fingerprint density at radius 3 is 2.85 bits per heavy atom. The van der Waals surface area contributed by atoms with Gasteiger partial charge in [-0.05, 0) is 31.1 Å². The van der Waals surface area contributed by atoms with Crippen LogP contribution in [0.15, 0.2) is 6.07 Å². The molecule has 0 aromatic carbocycles. The quantitative estimate of drug-likeness (QED) is 0.688. The largest absolute Gasteiger partial charge is 0.382 e. The van der Waals surface area contributed by atoms with Crippen LogP contribution < -0.4 is 5.73 Å². The topological polar surface area (TPSA) is 54.7 Å². The van der Waals surface area contributed by atoms with Gasteiger partial charge in [0.1, 0.15) is 5.82 Å². The summed E-state index contributed by atoms with van der Waals surface area (Å²) in [5.74, 6) is 3.26. The number of nitrogens with one attached hydrogen (secondary N) is 1. The van der Waals surface area contributed by atoms with E-state index >= 15 is 0 Å². The Morgan fingerprint density at radius 1 is 1.38 bits per heavy atom. The van der Waals surface area contributed by atoms with Crippen molar-refractivity contribution in [2.24, 2.45) is 11.8 Å². The predicted octanol–water partition coefficient (Wildman–Crippen LogP) is 1.90. The molecule has 2 fully saturated rings. The number of nitrogens with two attached hydrogens (primary N) is 1. The summed E-state index contributed by atoms with van der Waals surface area (Å²) >= 11 is 0. The number of hydrogen-bond donors (Lipinski definition) is 2. The summed E-state index contributed by atoms with van der Waals surface area (Å²) in [6.07, 6.45) is 5.65. The zero-order chi connectivity index (χ0) is 8.84. The summed E-state index contributed by atoms with van der Waals surface area (Å²) in [5.41, 5.74) is 6.87. The van der Waals surface area contributed by atoms with Crippen molar-refractivity contribution < 1.29 is 0 Å². The zero-order valence-corrected chi connectivity index (χ0v) is 7.66. The molecule has 0 radical (unpaired) electrons. The summed E-state index contributed by atoms with van der Waals surface area (Å²) in [7, 11) is 0. The normalized spacial score (nSPS) is 37.1. The second-order valence-corrected chi connectivity index (χ2v) is 4.53. The Balaban J connectivity index is 1.87. The molecule has 3 nitrogen and oxygen atoms in total. The van der Waals surface area contributed by atoms with Gasteiger partial charge in [0.15, 0.2) is 0 Å². The lowest BCUT2D eigenvalue weighted by Crippen LogP contribution is -2.08. The van der Waals surface area contributed by atoms with Gasteiger partial charge in [0, 0.05) is 17.7 Å². The minimum absolute atomic E-state index is 0.637. The third-order valence-corrected chi connectivity index (χ3v) is 3.76. The highest BCUT2D eigenvalue weighted by Crippen LogP contribution is 2.52. The monoisotopic (exact) mass is 177 g/mol. The van der Waals surface area contributed by atoms with Gasteiger partial charge in [-0.3, -0.25) is 5.10 Å². The van der Waals surface area contributed by atoms with Crippen LogP contribution in [0.2, 0.25) is 0 Å². The van der Waals surface area contributed by atoms with Crippen molar-refractivity contribution in [3.63, 3.8) is 0 Å². The SMILES string of the molecule is Nc1cc([C@H]2C[C@H]3CC[C@H]2C3)[nH]n1. The molecule has 3 N–H and O–H groups in total. The lowest BCUT2D eigenvalue weighted by Gasteiger charge is -2.19. The Labute approximate surface area is 77.7 Å². The van der Waals surface area contributed by atoms with Gasteiger partial charge < -0.3 is 5.73 Å². The molecule has 3 heteroatoms. The van der Waals surface area contributed by atoms with Crippen molar-refractivity contribution in [3.05, 3.63) is 11.8 Å². The van der Waals surface area contributed by atoms with E-state index in [9.17, 15) is 0 Å². The summed E-state index contributed by atoms with van der Waals surface area (Å²) in [6, 6.07) is 2.01. The average molecular weight is 177 g/mol. The molecule has 0 spiro atoms. The Bertz CT molecular complexity index is 318. The number of fused-ring (bicyclic) bond motifs is 2. The molecule has 2 aliphatic carbocycles. The number of rotatable bonds is 1. The number of nitrogens with zero attached hydrogens (tertiary/aromatic N) is 1. The number of H-pyrrole nitrogens is 1. The molecule has 2 saturated carbocycles. The van der Waals surface area contributed by atoms with E-state index in [4.69, 9.17) is 5.73 Å². The maximum atomic E-state index is 5.60. The minimum Gasteiger partial charge on any atom is -0.382 e. The van der Waals surface area contributed by atoms with Crippen LogP contribution in [-0.2, 0) is 0 Å². The van der Waals surface area contributed by atoms with E-state index in [-0.39, 0.29) is 0 Å². The first-order valence-corrected chi connectivity index (χ1v) is 5.13. The first-order valence-electron chi connectivity index (χ1n) is 5.13. The minimum atomic E-state index is 0.637. The second-order valence-electron chi connectivity index (χ2n) is 4.53. The van der Waals surface area contributed by atoms with Gasteiger partial charge in [-0.15, -0.1) is 0 Å². The molecule has 70 valence electrons. The Hall–Kier alpha value is -0.990. The van der Waals surface area contributed by atoms with Crippen molar-refractivity contribution in [2.75, 3.05) is 5.73 Å². The van der Waals surface area contributed by atoms with E-state index in [1.54, 1.807) is 0 Å². The van der Waals surface area contributed by atoms with Crippen LogP contribution >= 0.6 is 0 Å². The van der Waals surface area contributed by atoms with E-state index in [0.717, 1.165) is 17.8 Å². The molecular weight excluding hydrogens is 162 g/mol. The number of nitrogen functional groups attached to an aromatic ring is 1. The van der Waals surface area contributed by atoms with E-state index in [1.165, 1.54) is 31.4 Å². The Kier molecular flexibility index (Phi) is 1.43. The molecule has 3 rings (SSSR count). The molecule has 13 heavy (non-hydrogen) atoms. The van der Waals surface area contributed by atoms with E-state index < -0.39 is 0 Å². The maximum Gasteiger partial charge on any atom is 0.145 e. The standard InChI is InChI=1S/C10H15N3/c11-10-5-9(12-13-10)8-4-6-1-2-7(8)3-6/h5-8H,1-4H2,(H3,11,12,13)/t6-,7-,8-/m0/s1. The van der Waals surface area contributed by atoms with Gasteiger partial charge in [0.25, 0.3) is 0 Å². The summed E-state index contributed by atoms with van der Waals surface area (Å²) in [6.45, 7) is 0. The molecule has 1 aromatic rings. The van der Waals surface area contributed by atoms with E-state index in [0.29, 0.717) is 5.82 Å². The lowest BCUT2D eigenvalue weighted by molar-refractivity contribution is 0.413. The maximum absolute atomic E-state index is 5.60. The van der Waals surface area contributed by atoms with Crippen molar-refractivity contribution in [1.29, 1.82) is 0 Å². The molecule has 0 saturated heterocycles. The number of anilines is 1. The van der Waals surface area contributed by atoms with Crippen LogP contribution in [0, 0.1) is 11.8 Å². The van der Waals surface area contributed by atoms with Gasteiger partial charge in [-0.2, -0.15) is 5.10 Å².